The number of carbonyl (C=O) groups excluding carboxylic acids is 1. The number of rotatable bonds is 6. The van der Waals surface area contributed by atoms with Crippen LogP contribution in [0.15, 0.2) is 6.20 Å². The van der Waals surface area contributed by atoms with Gasteiger partial charge in [-0.15, -0.1) is 5.10 Å². The van der Waals surface area contributed by atoms with Crippen molar-refractivity contribution in [3.05, 3.63) is 11.9 Å². The molecule has 7 heteroatoms. The largest absolute Gasteiger partial charge is 0.351 e. The van der Waals surface area contributed by atoms with Crippen LogP contribution in [0.4, 0.5) is 0 Å². The molecule has 1 aliphatic heterocycles. The second-order valence-electron chi connectivity index (χ2n) is 4.67. The van der Waals surface area contributed by atoms with Crippen molar-refractivity contribution in [2.24, 2.45) is 0 Å². The lowest BCUT2D eigenvalue weighted by molar-refractivity contribution is 0.0948. The highest BCUT2D eigenvalue weighted by molar-refractivity contribution is 7.98. The van der Waals surface area contributed by atoms with Crippen molar-refractivity contribution in [3.63, 3.8) is 0 Å². The summed E-state index contributed by atoms with van der Waals surface area (Å²) in [6.07, 6.45) is 6.89. The van der Waals surface area contributed by atoms with Crippen molar-refractivity contribution in [2.75, 3.05) is 31.6 Å². The lowest BCUT2D eigenvalue weighted by Gasteiger charge is -2.22. The van der Waals surface area contributed by atoms with Crippen LogP contribution in [0, 0.1) is 0 Å². The highest BCUT2D eigenvalue weighted by Gasteiger charge is 2.18. The van der Waals surface area contributed by atoms with Crippen molar-refractivity contribution >= 4 is 17.7 Å². The molecule has 1 aliphatic rings. The summed E-state index contributed by atoms with van der Waals surface area (Å²) in [7, 11) is 0. The maximum absolute atomic E-state index is 11.9. The molecule has 0 atom stereocenters. The zero-order chi connectivity index (χ0) is 13.5. The van der Waals surface area contributed by atoms with Gasteiger partial charge in [-0.25, -0.2) is 4.68 Å². The van der Waals surface area contributed by atoms with Crippen LogP contribution in [0.2, 0.25) is 0 Å². The first kappa shape index (κ1) is 14.3. The lowest BCUT2D eigenvalue weighted by atomic mass is 10.1. The molecule has 1 saturated heterocycles. The van der Waals surface area contributed by atoms with E-state index in [1.54, 1.807) is 18.0 Å². The molecule has 1 aromatic rings. The fourth-order valence-corrected chi connectivity index (χ4v) is 2.57. The first-order valence-corrected chi connectivity index (χ1v) is 8.10. The fourth-order valence-electron chi connectivity index (χ4n) is 2.14. The molecule has 0 bridgehead atoms. The van der Waals surface area contributed by atoms with E-state index in [1.807, 2.05) is 4.68 Å². The highest BCUT2D eigenvalue weighted by Crippen LogP contribution is 2.16. The van der Waals surface area contributed by atoms with Gasteiger partial charge in [0, 0.05) is 6.54 Å². The lowest BCUT2D eigenvalue weighted by Crippen LogP contribution is -2.29. The van der Waals surface area contributed by atoms with Crippen LogP contribution in [0.25, 0.3) is 0 Å². The Balaban J connectivity index is 1.83. The van der Waals surface area contributed by atoms with Crippen LogP contribution in [-0.4, -0.2) is 52.5 Å². The van der Waals surface area contributed by atoms with Gasteiger partial charge in [-0.1, -0.05) is 5.21 Å². The van der Waals surface area contributed by atoms with Crippen LogP contribution >= 0.6 is 11.8 Å². The quantitative estimate of drug-likeness (QED) is 0.751. The van der Waals surface area contributed by atoms with Gasteiger partial charge < -0.3 is 10.6 Å². The molecule has 1 aromatic heterocycles. The van der Waals surface area contributed by atoms with Gasteiger partial charge in [-0.05, 0) is 44.4 Å². The van der Waals surface area contributed by atoms with Gasteiger partial charge >= 0.3 is 0 Å². The molecule has 19 heavy (non-hydrogen) atoms. The summed E-state index contributed by atoms with van der Waals surface area (Å²) in [4.78, 5) is 11.9. The number of hydrogen-bond donors (Lipinski definition) is 2. The van der Waals surface area contributed by atoms with Gasteiger partial charge in [0.25, 0.3) is 5.91 Å². The topological polar surface area (TPSA) is 71.8 Å². The van der Waals surface area contributed by atoms with Crippen LogP contribution in [-0.2, 0) is 0 Å². The molecule has 0 aliphatic carbocycles. The third kappa shape index (κ3) is 4.21. The maximum Gasteiger partial charge on any atom is 0.273 e. The molecular formula is C12H21N5OS. The van der Waals surface area contributed by atoms with E-state index in [2.05, 4.69) is 27.2 Å². The Labute approximate surface area is 117 Å². The first-order chi connectivity index (χ1) is 9.31. The maximum atomic E-state index is 11.9. The summed E-state index contributed by atoms with van der Waals surface area (Å²) in [5, 5.41) is 14.2. The predicted octanol–water partition coefficient (Wildman–Crippen LogP) is 0.685. The summed E-state index contributed by atoms with van der Waals surface area (Å²) in [6.45, 7) is 2.70. The predicted molar refractivity (Wildman–Crippen MR) is 76.5 cm³/mol. The van der Waals surface area contributed by atoms with E-state index in [4.69, 9.17) is 0 Å². The first-order valence-electron chi connectivity index (χ1n) is 6.71. The number of amides is 1. The minimum Gasteiger partial charge on any atom is -0.351 e. The molecule has 0 radical (unpaired) electrons. The van der Waals surface area contributed by atoms with Crippen molar-refractivity contribution < 1.29 is 4.79 Å². The summed E-state index contributed by atoms with van der Waals surface area (Å²) in [6, 6.07) is 0.367. The minimum absolute atomic E-state index is 0.124. The standard InChI is InChI=1S/C12H21N5OS/c1-19-8-2-5-14-12(18)11-9-17(16-15-11)10-3-6-13-7-4-10/h9-10,13H,2-8H2,1H3,(H,14,18). The zero-order valence-corrected chi connectivity index (χ0v) is 12.1. The van der Waals surface area contributed by atoms with Gasteiger partial charge in [0.15, 0.2) is 5.69 Å². The number of nitrogens with one attached hydrogen (secondary N) is 2. The van der Waals surface area contributed by atoms with Crippen molar-refractivity contribution in [3.8, 4) is 0 Å². The molecule has 2 heterocycles. The SMILES string of the molecule is CSCCCNC(=O)c1cn(C2CCNCC2)nn1. The van der Waals surface area contributed by atoms with Crippen molar-refractivity contribution in [1.29, 1.82) is 0 Å². The second kappa shape index (κ2) is 7.49. The van der Waals surface area contributed by atoms with Crippen LogP contribution < -0.4 is 10.6 Å². The molecule has 2 N–H and O–H groups in total. The molecule has 0 aromatic carbocycles. The Morgan fingerprint density at radius 3 is 3.11 bits per heavy atom. The van der Waals surface area contributed by atoms with Crippen molar-refractivity contribution in [2.45, 2.75) is 25.3 Å². The fraction of sp³-hybridized carbons (Fsp3) is 0.750. The summed E-state index contributed by atoms with van der Waals surface area (Å²) in [5.74, 6) is 0.934. The minimum atomic E-state index is -0.124. The van der Waals surface area contributed by atoms with E-state index in [0.29, 0.717) is 18.3 Å². The number of piperidine rings is 1. The van der Waals surface area contributed by atoms with Gasteiger partial charge in [0.1, 0.15) is 0 Å². The van der Waals surface area contributed by atoms with E-state index in [0.717, 1.165) is 38.1 Å². The number of aromatic nitrogens is 3. The molecule has 0 saturated carbocycles. The Bertz CT molecular complexity index is 403. The van der Waals surface area contributed by atoms with E-state index in [1.165, 1.54) is 0 Å². The highest BCUT2D eigenvalue weighted by atomic mass is 32.2. The van der Waals surface area contributed by atoms with Crippen molar-refractivity contribution in [1.82, 2.24) is 25.6 Å². The second-order valence-corrected chi connectivity index (χ2v) is 5.65. The van der Waals surface area contributed by atoms with E-state index in [9.17, 15) is 4.79 Å². The van der Waals surface area contributed by atoms with E-state index < -0.39 is 0 Å². The summed E-state index contributed by atoms with van der Waals surface area (Å²) >= 11 is 1.78. The van der Waals surface area contributed by atoms with Crippen LogP contribution in [0.5, 0.6) is 0 Å². The normalized spacial score (nSPS) is 16.5. The number of hydrogen-bond acceptors (Lipinski definition) is 5. The van der Waals surface area contributed by atoms with E-state index in [-0.39, 0.29) is 5.91 Å². The molecule has 1 fully saturated rings. The Morgan fingerprint density at radius 2 is 2.37 bits per heavy atom. The van der Waals surface area contributed by atoms with Gasteiger partial charge in [0.2, 0.25) is 0 Å². The monoisotopic (exact) mass is 283 g/mol. The molecule has 0 spiro atoms. The summed E-state index contributed by atoms with van der Waals surface area (Å²) in [5.41, 5.74) is 0.419. The Morgan fingerprint density at radius 1 is 1.58 bits per heavy atom. The molecule has 2 rings (SSSR count). The molecule has 106 valence electrons. The molecule has 6 nitrogen and oxygen atoms in total. The smallest absolute Gasteiger partial charge is 0.273 e. The Hall–Kier alpha value is -1.08. The number of thioether (sulfide) groups is 1. The molecule has 0 unspecified atom stereocenters. The molecule has 1 amide bonds. The zero-order valence-electron chi connectivity index (χ0n) is 11.3. The van der Waals surface area contributed by atoms with Crippen LogP contribution in [0.1, 0.15) is 35.8 Å². The van der Waals surface area contributed by atoms with Gasteiger partial charge in [-0.2, -0.15) is 11.8 Å². The number of carbonyl (C=O) groups is 1. The Kier molecular flexibility index (Phi) is 5.65. The number of nitrogens with zero attached hydrogens (tertiary/aromatic N) is 3. The van der Waals surface area contributed by atoms with Crippen LogP contribution in [0.3, 0.4) is 0 Å². The van der Waals surface area contributed by atoms with Gasteiger partial charge in [0.05, 0.1) is 12.2 Å². The summed E-state index contributed by atoms with van der Waals surface area (Å²) < 4.78 is 1.83. The average Bonchev–Trinajstić information content (AvgIpc) is 2.94. The van der Waals surface area contributed by atoms with E-state index >= 15 is 0 Å². The third-order valence-electron chi connectivity index (χ3n) is 3.24. The average molecular weight is 283 g/mol. The third-order valence-corrected chi connectivity index (χ3v) is 3.93. The molecular weight excluding hydrogens is 262 g/mol. The van der Waals surface area contributed by atoms with Gasteiger partial charge in [-0.3, -0.25) is 4.79 Å².